The summed E-state index contributed by atoms with van der Waals surface area (Å²) in [6.07, 6.45) is -4.81. The van der Waals surface area contributed by atoms with E-state index in [1.54, 1.807) is 37.3 Å². The molecule has 0 aromatic heterocycles. The fourth-order valence-electron chi connectivity index (χ4n) is 2.35. The van der Waals surface area contributed by atoms with E-state index in [1.165, 1.54) is 25.1 Å². The lowest BCUT2D eigenvalue weighted by molar-refractivity contribution is -0.275. The van der Waals surface area contributed by atoms with Gasteiger partial charge >= 0.3 is 6.36 Å². The van der Waals surface area contributed by atoms with Crippen molar-refractivity contribution in [2.45, 2.75) is 25.8 Å². The zero-order valence-electron chi connectivity index (χ0n) is 11.6. The monoisotopic (exact) mass is 296 g/mol. The van der Waals surface area contributed by atoms with Crippen molar-refractivity contribution in [1.82, 2.24) is 0 Å². The molecule has 0 aliphatic heterocycles. The Labute approximate surface area is 120 Å². The summed E-state index contributed by atoms with van der Waals surface area (Å²) >= 11 is 0. The van der Waals surface area contributed by atoms with Crippen LogP contribution in [-0.4, -0.2) is 11.5 Å². The molecule has 1 N–H and O–H groups in total. The first-order valence-corrected chi connectivity index (χ1v) is 6.35. The Hall–Kier alpha value is -2.01. The van der Waals surface area contributed by atoms with Crippen molar-refractivity contribution in [1.29, 1.82) is 0 Å². The van der Waals surface area contributed by atoms with Crippen molar-refractivity contribution in [3.63, 3.8) is 0 Å². The van der Waals surface area contributed by atoms with Gasteiger partial charge in [0.25, 0.3) is 0 Å². The van der Waals surface area contributed by atoms with Gasteiger partial charge in [-0.2, -0.15) is 0 Å². The number of benzene rings is 2. The maximum absolute atomic E-state index is 12.5. The van der Waals surface area contributed by atoms with Gasteiger partial charge in [0.2, 0.25) is 0 Å². The summed E-state index contributed by atoms with van der Waals surface area (Å²) in [6.45, 7) is 3.24. The molecule has 0 bridgehead atoms. The van der Waals surface area contributed by atoms with Crippen molar-refractivity contribution in [2.24, 2.45) is 0 Å². The molecule has 0 saturated heterocycles. The van der Waals surface area contributed by atoms with E-state index >= 15 is 0 Å². The average molecular weight is 296 g/mol. The minimum absolute atomic E-state index is 0.0663. The van der Waals surface area contributed by atoms with Crippen LogP contribution in [0.3, 0.4) is 0 Å². The Morgan fingerprint density at radius 1 is 0.905 bits per heavy atom. The van der Waals surface area contributed by atoms with Crippen LogP contribution in [0, 0.1) is 6.92 Å². The van der Waals surface area contributed by atoms with E-state index in [-0.39, 0.29) is 5.56 Å². The van der Waals surface area contributed by atoms with E-state index in [0.717, 1.165) is 5.56 Å². The summed E-state index contributed by atoms with van der Waals surface area (Å²) in [7, 11) is 0. The first-order valence-electron chi connectivity index (χ1n) is 6.35. The minimum atomic E-state index is -4.81. The number of halogens is 3. The Morgan fingerprint density at radius 2 is 1.43 bits per heavy atom. The van der Waals surface area contributed by atoms with Crippen molar-refractivity contribution in [2.75, 3.05) is 0 Å². The average Bonchev–Trinajstić information content (AvgIpc) is 2.37. The van der Waals surface area contributed by atoms with Crippen LogP contribution >= 0.6 is 0 Å². The van der Waals surface area contributed by atoms with Gasteiger partial charge in [0.05, 0.1) is 0 Å². The van der Waals surface area contributed by atoms with Crippen molar-refractivity contribution < 1.29 is 23.0 Å². The molecule has 5 heteroatoms. The topological polar surface area (TPSA) is 29.5 Å². The van der Waals surface area contributed by atoms with Gasteiger partial charge in [-0.25, -0.2) is 0 Å². The summed E-state index contributed by atoms with van der Waals surface area (Å²) < 4.78 is 41.5. The molecule has 21 heavy (non-hydrogen) atoms. The predicted octanol–water partition coefficient (Wildman–Crippen LogP) is 4.15. The van der Waals surface area contributed by atoms with Crippen LogP contribution in [0.15, 0.2) is 48.5 Å². The fraction of sp³-hybridized carbons (Fsp3) is 0.250. The number of ether oxygens (including phenoxy) is 1. The third-order valence-corrected chi connectivity index (χ3v) is 3.31. The molecule has 0 saturated carbocycles. The van der Waals surface area contributed by atoms with E-state index in [9.17, 15) is 18.3 Å². The highest BCUT2D eigenvalue weighted by Gasteiger charge is 2.36. The normalized spacial score (nSPS) is 14.6. The van der Waals surface area contributed by atoms with Gasteiger partial charge in [0, 0.05) is 5.56 Å². The van der Waals surface area contributed by atoms with Gasteiger partial charge in [-0.1, -0.05) is 42.5 Å². The lowest BCUT2D eigenvalue weighted by Crippen LogP contribution is -2.27. The first-order chi connectivity index (χ1) is 9.72. The maximum Gasteiger partial charge on any atom is 0.573 e. The number of hydrogen-bond acceptors (Lipinski definition) is 2. The van der Waals surface area contributed by atoms with Gasteiger partial charge in [-0.3, -0.25) is 0 Å². The highest BCUT2D eigenvalue weighted by molar-refractivity contribution is 5.46. The van der Waals surface area contributed by atoms with Crippen LogP contribution in [0.5, 0.6) is 5.75 Å². The molecular formula is C16H15F3O2. The Bertz CT molecular complexity index is 633. The standard InChI is InChI=1S/C16H15F3O2/c1-11-7-3-4-8-12(11)15(2,20)13-9-5-6-10-14(13)21-16(17,18)19/h3-10,20H,1-2H3. The molecule has 1 unspecified atom stereocenters. The van der Waals surface area contributed by atoms with Crippen LogP contribution in [0.25, 0.3) is 0 Å². The molecule has 2 rings (SSSR count). The van der Waals surface area contributed by atoms with Crippen molar-refractivity contribution in [3.05, 3.63) is 65.2 Å². The maximum atomic E-state index is 12.5. The molecule has 2 aromatic carbocycles. The number of hydrogen-bond donors (Lipinski definition) is 1. The largest absolute Gasteiger partial charge is 0.573 e. The van der Waals surface area contributed by atoms with Gasteiger partial charge in [0.1, 0.15) is 11.4 Å². The Kier molecular flexibility index (Phi) is 3.96. The number of alkyl halides is 3. The van der Waals surface area contributed by atoms with E-state index < -0.39 is 17.7 Å². The fourth-order valence-corrected chi connectivity index (χ4v) is 2.35. The van der Waals surface area contributed by atoms with E-state index in [1.807, 2.05) is 0 Å². The van der Waals surface area contributed by atoms with Crippen LogP contribution in [0.4, 0.5) is 13.2 Å². The van der Waals surface area contributed by atoms with Gasteiger partial charge in [0.15, 0.2) is 0 Å². The molecule has 0 spiro atoms. The van der Waals surface area contributed by atoms with Crippen molar-refractivity contribution >= 4 is 0 Å². The van der Waals surface area contributed by atoms with Gasteiger partial charge in [-0.05, 0) is 31.0 Å². The Balaban J connectivity index is 2.53. The first kappa shape index (κ1) is 15.4. The van der Waals surface area contributed by atoms with Crippen molar-refractivity contribution in [3.8, 4) is 5.75 Å². The lowest BCUT2D eigenvalue weighted by atomic mass is 9.85. The number of aliphatic hydroxyl groups is 1. The zero-order chi connectivity index (χ0) is 15.7. The molecular weight excluding hydrogens is 281 g/mol. The molecule has 0 amide bonds. The zero-order valence-corrected chi connectivity index (χ0v) is 11.6. The summed E-state index contributed by atoms with van der Waals surface area (Å²) in [4.78, 5) is 0. The summed E-state index contributed by atoms with van der Waals surface area (Å²) in [6, 6.07) is 12.6. The quantitative estimate of drug-likeness (QED) is 0.922. The van der Waals surface area contributed by atoms with E-state index in [0.29, 0.717) is 5.56 Å². The molecule has 1 atom stereocenters. The second kappa shape index (κ2) is 5.41. The molecule has 2 nitrogen and oxygen atoms in total. The molecule has 0 aliphatic rings. The van der Waals surface area contributed by atoms with Crippen LogP contribution in [0.1, 0.15) is 23.6 Å². The number of para-hydroxylation sites is 1. The lowest BCUT2D eigenvalue weighted by Gasteiger charge is -2.28. The van der Waals surface area contributed by atoms with E-state index in [2.05, 4.69) is 4.74 Å². The minimum Gasteiger partial charge on any atom is -0.405 e. The predicted molar refractivity (Wildman–Crippen MR) is 73.0 cm³/mol. The van der Waals surface area contributed by atoms with Gasteiger partial charge < -0.3 is 9.84 Å². The van der Waals surface area contributed by atoms with E-state index in [4.69, 9.17) is 0 Å². The Morgan fingerprint density at radius 3 is 2.00 bits per heavy atom. The van der Waals surface area contributed by atoms with Gasteiger partial charge in [-0.15, -0.1) is 13.2 Å². The highest BCUT2D eigenvalue weighted by Crippen LogP contribution is 2.38. The molecule has 112 valence electrons. The highest BCUT2D eigenvalue weighted by atomic mass is 19.4. The molecule has 0 aliphatic carbocycles. The summed E-state index contributed by atoms with van der Waals surface area (Å²) in [5.41, 5.74) is -0.211. The molecule has 0 fully saturated rings. The van der Waals surface area contributed by atoms with Crippen LogP contribution < -0.4 is 4.74 Å². The van der Waals surface area contributed by atoms with Crippen LogP contribution in [0.2, 0.25) is 0 Å². The second-order valence-corrected chi connectivity index (χ2v) is 4.93. The molecule has 0 radical (unpaired) electrons. The smallest absolute Gasteiger partial charge is 0.405 e. The number of aryl methyl sites for hydroxylation is 1. The molecule has 0 heterocycles. The third-order valence-electron chi connectivity index (χ3n) is 3.31. The summed E-state index contributed by atoms with van der Waals surface area (Å²) in [5.74, 6) is -0.404. The SMILES string of the molecule is Cc1ccccc1C(C)(O)c1ccccc1OC(F)(F)F. The molecule has 2 aromatic rings. The number of rotatable bonds is 3. The third kappa shape index (κ3) is 3.36. The van der Waals surface area contributed by atoms with Crippen LogP contribution in [-0.2, 0) is 5.60 Å². The summed E-state index contributed by atoms with van der Waals surface area (Å²) in [5, 5.41) is 10.8. The second-order valence-electron chi connectivity index (χ2n) is 4.93.